The monoisotopic (exact) mass is 376 g/mol. The van der Waals surface area contributed by atoms with E-state index in [1.54, 1.807) is 23.0 Å². The third-order valence-electron chi connectivity index (χ3n) is 3.35. The van der Waals surface area contributed by atoms with Gasteiger partial charge in [0.1, 0.15) is 0 Å². The fourth-order valence-electron chi connectivity index (χ4n) is 2.14. The summed E-state index contributed by atoms with van der Waals surface area (Å²) in [6.07, 6.45) is 2.37. The largest absolute Gasteiger partial charge is 0.846 e. The van der Waals surface area contributed by atoms with Crippen molar-refractivity contribution in [2.45, 2.75) is 13.0 Å². The van der Waals surface area contributed by atoms with Crippen molar-refractivity contribution >= 4 is 40.8 Å². The lowest BCUT2D eigenvalue weighted by molar-refractivity contribution is -0.761. The van der Waals surface area contributed by atoms with E-state index >= 15 is 0 Å². The Balaban J connectivity index is 1.61. The summed E-state index contributed by atoms with van der Waals surface area (Å²) in [6.45, 7) is 0.622. The normalized spacial score (nSPS) is 11.5. The molecule has 3 rings (SSSR count). The molecule has 0 aliphatic rings. The number of aromatic nitrogens is 2. The average molecular weight is 377 g/mol. The van der Waals surface area contributed by atoms with Crippen LogP contribution in [-0.2, 0) is 13.0 Å². The number of amidine groups is 1. The van der Waals surface area contributed by atoms with Gasteiger partial charge in [-0.05, 0) is 23.8 Å². The molecule has 0 saturated carbocycles. The minimum Gasteiger partial charge on any atom is -0.846 e. The molecular weight excluding hydrogens is 363 g/mol. The minimum absolute atomic E-state index is 0.116. The van der Waals surface area contributed by atoms with Crippen molar-refractivity contribution in [3.05, 3.63) is 70.3 Å². The predicted molar refractivity (Wildman–Crippen MR) is 94.0 cm³/mol. The molecule has 128 valence electrons. The molecule has 0 saturated heterocycles. The number of halogens is 2. The molecule has 0 unspecified atom stereocenters. The molecule has 0 spiro atoms. The first-order valence-electron chi connectivity index (χ1n) is 7.48. The lowest BCUT2D eigenvalue weighted by Gasteiger charge is -2.12. The van der Waals surface area contributed by atoms with E-state index in [2.05, 4.69) is 15.6 Å². The summed E-state index contributed by atoms with van der Waals surface area (Å²) in [7, 11) is 0. The summed E-state index contributed by atoms with van der Waals surface area (Å²) < 4.78 is 6.64. The zero-order valence-electron chi connectivity index (χ0n) is 13.0. The van der Waals surface area contributed by atoms with E-state index in [1.165, 1.54) is 11.6 Å². The number of aryl methyl sites for hydroxylation is 2. The highest BCUT2D eigenvalue weighted by Crippen LogP contribution is 2.24. The van der Waals surface area contributed by atoms with Crippen LogP contribution in [0.2, 0.25) is 10.0 Å². The molecule has 0 fully saturated rings. The summed E-state index contributed by atoms with van der Waals surface area (Å²) >= 11 is 11.7. The van der Waals surface area contributed by atoms with Crippen molar-refractivity contribution in [3.8, 4) is 0 Å². The molecule has 3 aromatic rings. The lowest BCUT2D eigenvalue weighted by Crippen LogP contribution is -2.35. The summed E-state index contributed by atoms with van der Waals surface area (Å²) in [5.74, 6) is 0.116. The van der Waals surface area contributed by atoms with Crippen LogP contribution in [0.3, 0.4) is 0 Å². The van der Waals surface area contributed by atoms with Crippen LogP contribution in [-0.4, -0.2) is 11.3 Å². The number of nitrogens with one attached hydrogen (secondary N) is 1. The van der Waals surface area contributed by atoms with Gasteiger partial charge >= 0.3 is 5.88 Å². The molecule has 0 aliphatic carbocycles. The van der Waals surface area contributed by atoms with Gasteiger partial charge in [0, 0.05) is 12.1 Å². The number of rotatable bonds is 5. The molecule has 0 radical (unpaired) electrons. The maximum absolute atomic E-state index is 11.9. The van der Waals surface area contributed by atoms with E-state index in [-0.39, 0.29) is 5.88 Å². The second-order valence-corrected chi connectivity index (χ2v) is 6.02. The van der Waals surface area contributed by atoms with E-state index in [4.69, 9.17) is 27.7 Å². The first-order valence-corrected chi connectivity index (χ1v) is 8.24. The number of aliphatic imine (C=N–C) groups is 1. The van der Waals surface area contributed by atoms with Gasteiger partial charge in [0.15, 0.2) is 6.54 Å². The van der Waals surface area contributed by atoms with Crippen LogP contribution in [0.1, 0.15) is 5.56 Å². The van der Waals surface area contributed by atoms with Gasteiger partial charge < -0.3 is 10.4 Å². The Bertz CT molecular complexity index is 881. The predicted octanol–water partition coefficient (Wildman–Crippen LogP) is 2.97. The first-order chi connectivity index (χ1) is 12.1. The summed E-state index contributed by atoms with van der Waals surface area (Å²) in [6, 6.07) is 14.2. The van der Waals surface area contributed by atoms with Crippen LogP contribution < -0.4 is 15.1 Å². The van der Waals surface area contributed by atoms with Crippen LogP contribution in [0.4, 0.5) is 11.6 Å². The highest BCUT2D eigenvalue weighted by atomic mass is 35.5. The minimum atomic E-state index is -0.593. The Labute approximate surface area is 154 Å². The van der Waals surface area contributed by atoms with Crippen molar-refractivity contribution < 1.29 is 14.3 Å². The number of hydrogen-bond acceptors (Lipinski definition) is 4. The zero-order chi connectivity index (χ0) is 17.6. The zero-order valence-corrected chi connectivity index (χ0v) is 14.5. The second-order valence-electron chi connectivity index (χ2n) is 5.21. The second kappa shape index (κ2) is 8.00. The smallest absolute Gasteiger partial charge is 0.322 e. The molecule has 0 bridgehead atoms. The summed E-state index contributed by atoms with van der Waals surface area (Å²) in [5.41, 5.74) is 1.67. The van der Waals surface area contributed by atoms with Crippen molar-refractivity contribution in [2.75, 3.05) is 5.32 Å². The van der Waals surface area contributed by atoms with Crippen LogP contribution in [0.5, 0.6) is 0 Å². The van der Waals surface area contributed by atoms with Gasteiger partial charge in [-0.15, -0.1) is 0 Å². The highest BCUT2D eigenvalue weighted by molar-refractivity contribution is 6.42. The molecule has 25 heavy (non-hydrogen) atoms. The Kier molecular flexibility index (Phi) is 5.53. The number of nitrogens with zero attached hydrogens (tertiary/aromatic N) is 3. The molecular formula is C17H14Cl2N4O2. The Morgan fingerprint density at radius 2 is 1.96 bits per heavy atom. The van der Waals surface area contributed by atoms with Gasteiger partial charge in [-0.25, -0.2) is 4.99 Å². The van der Waals surface area contributed by atoms with Crippen LogP contribution in [0.25, 0.3) is 0 Å². The van der Waals surface area contributed by atoms with E-state index < -0.39 is 6.02 Å². The molecule has 1 heterocycles. The number of benzene rings is 2. The van der Waals surface area contributed by atoms with Gasteiger partial charge in [-0.2, -0.15) is 0 Å². The molecule has 0 atom stereocenters. The quantitative estimate of drug-likeness (QED) is 0.421. The topological polar surface area (TPSA) is 77.4 Å². The molecule has 8 heteroatoms. The first kappa shape index (κ1) is 17.3. The van der Waals surface area contributed by atoms with Crippen molar-refractivity contribution in [2.24, 2.45) is 4.99 Å². The molecule has 1 N–H and O–H groups in total. The van der Waals surface area contributed by atoms with Crippen molar-refractivity contribution in [1.29, 1.82) is 0 Å². The van der Waals surface area contributed by atoms with Gasteiger partial charge in [-0.3, -0.25) is 4.52 Å². The fourth-order valence-corrected chi connectivity index (χ4v) is 2.44. The Morgan fingerprint density at radius 1 is 1.16 bits per heavy atom. The third kappa shape index (κ3) is 4.95. The highest BCUT2D eigenvalue weighted by Gasteiger charge is 2.10. The Hall–Kier alpha value is -2.57. The Morgan fingerprint density at radius 3 is 2.72 bits per heavy atom. The van der Waals surface area contributed by atoms with Gasteiger partial charge in [-0.1, -0.05) is 58.2 Å². The molecule has 0 aliphatic heterocycles. The number of anilines is 1. The van der Waals surface area contributed by atoms with E-state index in [1.807, 2.05) is 30.3 Å². The lowest BCUT2D eigenvalue weighted by atomic mass is 10.1. The van der Waals surface area contributed by atoms with Crippen molar-refractivity contribution in [3.63, 3.8) is 0 Å². The molecule has 6 nitrogen and oxygen atoms in total. The number of hydrogen-bond donors (Lipinski definition) is 1. The third-order valence-corrected chi connectivity index (χ3v) is 4.09. The van der Waals surface area contributed by atoms with Gasteiger partial charge in [0.2, 0.25) is 5.27 Å². The maximum atomic E-state index is 11.9. The fraction of sp³-hybridized carbons (Fsp3) is 0.118. The standard InChI is InChI=1S/C17H14Cl2N4O2/c18-14-7-6-13(10-15(14)19)20-17(24)21-16-11-23(22-25-16)9-8-12-4-2-1-3-5-12/h1-7,10-11H,8-9H2,(H-,20,21,22,24). The molecule has 1 aromatic heterocycles. The van der Waals surface area contributed by atoms with E-state index in [0.717, 1.165) is 6.42 Å². The SMILES string of the molecule is [O-]/C(=N/c1c[n+](CCc2ccccc2)no1)Nc1ccc(Cl)c(Cl)c1. The van der Waals surface area contributed by atoms with Crippen LogP contribution in [0, 0.1) is 0 Å². The molecule has 0 amide bonds. The van der Waals surface area contributed by atoms with E-state index in [9.17, 15) is 5.11 Å². The van der Waals surface area contributed by atoms with Crippen molar-refractivity contribution in [1.82, 2.24) is 5.27 Å². The maximum Gasteiger partial charge on any atom is 0.322 e. The summed E-state index contributed by atoms with van der Waals surface area (Å²) in [4.78, 5) is 3.81. The van der Waals surface area contributed by atoms with Crippen LogP contribution in [0.15, 0.2) is 64.2 Å². The van der Waals surface area contributed by atoms with Gasteiger partial charge in [0.05, 0.1) is 16.1 Å². The summed E-state index contributed by atoms with van der Waals surface area (Å²) in [5, 5.41) is 19.1. The van der Waals surface area contributed by atoms with Crippen LogP contribution >= 0.6 is 23.2 Å². The molecule has 2 aromatic carbocycles. The van der Waals surface area contributed by atoms with E-state index in [0.29, 0.717) is 22.3 Å². The average Bonchev–Trinajstić information content (AvgIpc) is 3.04. The van der Waals surface area contributed by atoms with Gasteiger partial charge in [0.25, 0.3) is 6.20 Å².